The summed E-state index contributed by atoms with van der Waals surface area (Å²) in [5.41, 5.74) is 2.81. The number of rotatable bonds is 5. The van der Waals surface area contributed by atoms with E-state index >= 15 is 0 Å². The van der Waals surface area contributed by atoms with Gasteiger partial charge in [-0.15, -0.1) is 0 Å². The second kappa shape index (κ2) is 6.24. The van der Waals surface area contributed by atoms with E-state index < -0.39 is 0 Å². The molecule has 0 bridgehead atoms. The zero-order valence-corrected chi connectivity index (χ0v) is 12.7. The fourth-order valence-electron chi connectivity index (χ4n) is 1.92. The lowest BCUT2D eigenvalue weighted by molar-refractivity contribution is 0.384. The standard InChI is InChI=1S/C16H28N2/c1-13-7-9-15(10-8-13)18(6)12-14(2)11-17-16(3,4)5/h7-10,14,17H,11-12H2,1-6H3. The Kier molecular flexibility index (Phi) is 5.21. The Morgan fingerprint density at radius 3 is 2.22 bits per heavy atom. The molecule has 0 spiro atoms. The zero-order valence-electron chi connectivity index (χ0n) is 12.7. The summed E-state index contributed by atoms with van der Waals surface area (Å²) >= 11 is 0. The van der Waals surface area contributed by atoms with Gasteiger partial charge in [-0.25, -0.2) is 0 Å². The highest BCUT2D eigenvalue weighted by Gasteiger charge is 2.12. The maximum Gasteiger partial charge on any atom is 0.0363 e. The van der Waals surface area contributed by atoms with Gasteiger partial charge >= 0.3 is 0 Å². The van der Waals surface area contributed by atoms with E-state index in [9.17, 15) is 0 Å². The molecule has 0 saturated heterocycles. The number of nitrogens with zero attached hydrogens (tertiary/aromatic N) is 1. The van der Waals surface area contributed by atoms with Crippen molar-refractivity contribution in [2.75, 3.05) is 25.0 Å². The summed E-state index contributed by atoms with van der Waals surface area (Å²) in [5.74, 6) is 0.635. The summed E-state index contributed by atoms with van der Waals surface area (Å²) < 4.78 is 0. The maximum absolute atomic E-state index is 3.56. The summed E-state index contributed by atoms with van der Waals surface area (Å²) in [6, 6.07) is 8.73. The first-order chi connectivity index (χ1) is 8.28. The van der Waals surface area contributed by atoms with Crippen LogP contribution < -0.4 is 10.2 Å². The summed E-state index contributed by atoms with van der Waals surface area (Å²) in [6.45, 7) is 13.2. The van der Waals surface area contributed by atoms with Gasteiger partial charge < -0.3 is 10.2 Å². The van der Waals surface area contributed by atoms with Gasteiger partial charge in [-0.1, -0.05) is 24.6 Å². The van der Waals surface area contributed by atoms with Crippen molar-refractivity contribution in [3.63, 3.8) is 0 Å². The normalized spacial score (nSPS) is 13.4. The number of hydrogen-bond acceptors (Lipinski definition) is 2. The van der Waals surface area contributed by atoms with E-state index in [1.807, 2.05) is 0 Å². The first-order valence-electron chi connectivity index (χ1n) is 6.81. The monoisotopic (exact) mass is 248 g/mol. The number of anilines is 1. The molecule has 1 atom stereocenters. The Bertz CT molecular complexity index is 348. The molecular formula is C16H28N2. The predicted octanol–water partition coefficient (Wildman–Crippen LogP) is 3.46. The minimum absolute atomic E-state index is 0.205. The molecule has 0 heterocycles. The van der Waals surface area contributed by atoms with Crippen LogP contribution >= 0.6 is 0 Å². The van der Waals surface area contributed by atoms with Crippen LogP contribution in [0.1, 0.15) is 33.3 Å². The lowest BCUT2D eigenvalue weighted by Gasteiger charge is -2.27. The van der Waals surface area contributed by atoms with Crippen LogP contribution in [0.5, 0.6) is 0 Å². The Labute approximate surface area is 112 Å². The fourth-order valence-corrected chi connectivity index (χ4v) is 1.92. The van der Waals surface area contributed by atoms with Crippen LogP contribution in [-0.2, 0) is 0 Å². The van der Waals surface area contributed by atoms with Crippen molar-refractivity contribution in [1.29, 1.82) is 0 Å². The molecule has 0 aliphatic carbocycles. The van der Waals surface area contributed by atoms with Gasteiger partial charge in [0.1, 0.15) is 0 Å². The number of nitrogens with one attached hydrogen (secondary N) is 1. The second-order valence-electron chi connectivity index (χ2n) is 6.45. The first-order valence-corrected chi connectivity index (χ1v) is 6.81. The van der Waals surface area contributed by atoms with Gasteiger partial charge in [0.15, 0.2) is 0 Å². The SMILES string of the molecule is Cc1ccc(N(C)CC(C)CNC(C)(C)C)cc1. The van der Waals surface area contributed by atoms with Crippen molar-refractivity contribution >= 4 is 5.69 Å². The molecule has 1 rings (SSSR count). The van der Waals surface area contributed by atoms with Gasteiger partial charge in [0, 0.05) is 24.8 Å². The van der Waals surface area contributed by atoms with Crippen molar-refractivity contribution < 1.29 is 0 Å². The van der Waals surface area contributed by atoms with Gasteiger partial charge in [-0.3, -0.25) is 0 Å². The highest BCUT2D eigenvalue weighted by molar-refractivity contribution is 5.46. The van der Waals surface area contributed by atoms with E-state index in [2.05, 4.69) is 76.1 Å². The summed E-state index contributed by atoms with van der Waals surface area (Å²) in [6.07, 6.45) is 0. The molecule has 0 amide bonds. The molecule has 2 nitrogen and oxygen atoms in total. The number of aryl methyl sites for hydroxylation is 1. The molecule has 1 N–H and O–H groups in total. The summed E-state index contributed by atoms with van der Waals surface area (Å²) in [5, 5.41) is 3.56. The van der Waals surface area contributed by atoms with Gasteiger partial charge in [0.2, 0.25) is 0 Å². The third-order valence-corrected chi connectivity index (χ3v) is 3.04. The second-order valence-corrected chi connectivity index (χ2v) is 6.45. The topological polar surface area (TPSA) is 15.3 Å². The highest BCUT2D eigenvalue weighted by Crippen LogP contribution is 2.14. The molecule has 0 fully saturated rings. The largest absolute Gasteiger partial charge is 0.374 e. The van der Waals surface area contributed by atoms with E-state index in [0.29, 0.717) is 5.92 Å². The minimum Gasteiger partial charge on any atom is -0.374 e. The Balaban J connectivity index is 2.44. The van der Waals surface area contributed by atoms with Crippen LogP contribution in [0.15, 0.2) is 24.3 Å². The summed E-state index contributed by atoms with van der Waals surface area (Å²) in [4.78, 5) is 2.33. The number of benzene rings is 1. The molecule has 2 heteroatoms. The fraction of sp³-hybridized carbons (Fsp3) is 0.625. The van der Waals surface area contributed by atoms with Crippen molar-refractivity contribution in [2.24, 2.45) is 5.92 Å². The quantitative estimate of drug-likeness (QED) is 0.858. The molecule has 1 aromatic carbocycles. The summed E-state index contributed by atoms with van der Waals surface area (Å²) in [7, 11) is 2.16. The third-order valence-electron chi connectivity index (χ3n) is 3.04. The van der Waals surface area contributed by atoms with E-state index in [1.54, 1.807) is 0 Å². The Morgan fingerprint density at radius 2 is 1.72 bits per heavy atom. The molecule has 0 radical (unpaired) electrons. The van der Waals surface area contributed by atoms with Gasteiger partial charge in [-0.2, -0.15) is 0 Å². The van der Waals surface area contributed by atoms with Crippen molar-refractivity contribution in [1.82, 2.24) is 5.32 Å². The van der Waals surface area contributed by atoms with Crippen molar-refractivity contribution in [3.8, 4) is 0 Å². The van der Waals surface area contributed by atoms with Gasteiger partial charge in [-0.05, 0) is 52.3 Å². The molecule has 0 aliphatic heterocycles. The molecule has 102 valence electrons. The smallest absolute Gasteiger partial charge is 0.0363 e. The molecule has 1 unspecified atom stereocenters. The molecule has 0 saturated carbocycles. The van der Waals surface area contributed by atoms with Crippen LogP contribution in [0.4, 0.5) is 5.69 Å². The zero-order chi connectivity index (χ0) is 13.8. The first kappa shape index (κ1) is 15.0. The third kappa shape index (κ3) is 5.54. The van der Waals surface area contributed by atoms with Crippen LogP contribution in [0, 0.1) is 12.8 Å². The predicted molar refractivity (Wildman–Crippen MR) is 81.4 cm³/mol. The van der Waals surface area contributed by atoms with E-state index in [1.165, 1.54) is 11.3 Å². The van der Waals surface area contributed by atoms with Crippen LogP contribution in [-0.4, -0.2) is 25.7 Å². The Hall–Kier alpha value is -1.02. The van der Waals surface area contributed by atoms with Gasteiger partial charge in [0.05, 0.1) is 0 Å². The molecule has 0 aliphatic rings. The Morgan fingerprint density at radius 1 is 1.17 bits per heavy atom. The van der Waals surface area contributed by atoms with Crippen LogP contribution in [0.3, 0.4) is 0 Å². The van der Waals surface area contributed by atoms with E-state index in [4.69, 9.17) is 0 Å². The molecule has 0 aromatic heterocycles. The average molecular weight is 248 g/mol. The molecule has 18 heavy (non-hydrogen) atoms. The van der Waals surface area contributed by atoms with Gasteiger partial charge in [0.25, 0.3) is 0 Å². The molecule has 1 aromatic rings. The van der Waals surface area contributed by atoms with Crippen molar-refractivity contribution in [3.05, 3.63) is 29.8 Å². The average Bonchev–Trinajstić information content (AvgIpc) is 2.26. The lowest BCUT2D eigenvalue weighted by atomic mass is 10.1. The molecular weight excluding hydrogens is 220 g/mol. The minimum atomic E-state index is 0.205. The van der Waals surface area contributed by atoms with Crippen molar-refractivity contribution in [2.45, 2.75) is 40.2 Å². The van der Waals surface area contributed by atoms with Crippen LogP contribution in [0.25, 0.3) is 0 Å². The number of hydrogen-bond donors (Lipinski definition) is 1. The maximum atomic E-state index is 3.56. The van der Waals surface area contributed by atoms with Crippen LogP contribution in [0.2, 0.25) is 0 Å². The van der Waals surface area contributed by atoms with E-state index in [0.717, 1.165) is 13.1 Å². The van der Waals surface area contributed by atoms with E-state index in [-0.39, 0.29) is 5.54 Å². The highest BCUT2D eigenvalue weighted by atomic mass is 15.1. The lowest BCUT2D eigenvalue weighted by Crippen LogP contribution is -2.41.